The van der Waals surface area contributed by atoms with E-state index >= 15 is 0 Å². The fraction of sp³-hybridized carbons (Fsp3) is 0.565. The Bertz CT molecular complexity index is 962. The molecular formula is C23H31N3O6S. The summed E-state index contributed by atoms with van der Waals surface area (Å²) in [6.45, 7) is 5.09. The molecule has 3 saturated heterocycles. The van der Waals surface area contributed by atoms with Crippen molar-refractivity contribution in [3.8, 4) is 0 Å². The average Bonchev–Trinajstić information content (AvgIpc) is 3.24. The number of nitrogens with one attached hydrogen (secondary N) is 1. The summed E-state index contributed by atoms with van der Waals surface area (Å²) in [5.74, 6) is -0.0648. The van der Waals surface area contributed by atoms with Crippen LogP contribution in [0, 0.1) is 5.92 Å². The van der Waals surface area contributed by atoms with Crippen LogP contribution in [0.1, 0.15) is 31.2 Å². The van der Waals surface area contributed by atoms with Gasteiger partial charge in [0.2, 0.25) is 15.9 Å². The lowest BCUT2D eigenvalue weighted by atomic mass is 9.94. The molecule has 10 heteroatoms. The summed E-state index contributed by atoms with van der Waals surface area (Å²) in [6.07, 6.45) is 2.30. The molecule has 2 amide bonds. The smallest absolute Gasteiger partial charge is 0.410 e. The molecule has 3 aliphatic rings. The third-order valence-electron chi connectivity index (χ3n) is 6.69. The van der Waals surface area contributed by atoms with E-state index in [1.807, 2.05) is 30.3 Å². The van der Waals surface area contributed by atoms with Crippen molar-refractivity contribution >= 4 is 22.0 Å². The first-order chi connectivity index (χ1) is 15.9. The Labute approximate surface area is 194 Å². The van der Waals surface area contributed by atoms with Crippen LogP contribution >= 0.6 is 0 Å². The zero-order valence-corrected chi connectivity index (χ0v) is 19.4. The van der Waals surface area contributed by atoms with E-state index in [0.717, 1.165) is 5.56 Å². The van der Waals surface area contributed by atoms with Crippen molar-refractivity contribution in [1.82, 2.24) is 14.5 Å². The SMILES string of the molecule is C=CC(=O)NC1CC2CCN(S(=O)(=O)C3CCN(C(=O)OCc4ccccc4)CC3)CC2O1. The molecule has 0 saturated carbocycles. The highest BCUT2D eigenvalue weighted by Gasteiger charge is 2.44. The van der Waals surface area contributed by atoms with Crippen molar-refractivity contribution < 1.29 is 27.5 Å². The molecule has 1 aromatic rings. The standard InChI is InChI=1S/C23H31N3O6S/c1-2-21(27)24-22-14-18-8-13-26(15-20(18)32-22)33(29,30)19-9-11-25(12-10-19)23(28)31-16-17-6-4-3-5-7-17/h2-7,18-20,22H,1,8-16H2,(H,24,27). The molecule has 1 N–H and O–H groups in total. The fourth-order valence-corrected chi connectivity index (χ4v) is 6.74. The first kappa shape index (κ1) is 23.7. The van der Waals surface area contributed by atoms with E-state index in [4.69, 9.17) is 9.47 Å². The summed E-state index contributed by atoms with van der Waals surface area (Å²) in [6, 6.07) is 9.45. The number of ether oxygens (including phenoxy) is 2. The lowest BCUT2D eigenvalue weighted by Gasteiger charge is -2.38. The molecule has 0 bridgehead atoms. The van der Waals surface area contributed by atoms with E-state index in [1.165, 1.54) is 10.4 Å². The summed E-state index contributed by atoms with van der Waals surface area (Å²) < 4.78 is 39.4. The molecule has 3 atom stereocenters. The van der Waals surface area contributed by atoms with Gasteiger partial charge in [-0.15, -0.1) is 0 Å². The maximum atomic E-state index is 13.3. The van der Waals surface area contributed by atoms with Gasteiger partial charge in [-0.2, -0.15) is 4.31 Å². The Morgan fingerprint density at radius 1 is 1.15 bits per heavy atom. The summed E-state index contributed by atoms with van der Waals surface area (Å²) >= 11 is 0. The number of amides is 2. The lowest BCUT2D eigenvalue weighted by molar-refractivity contribution is -0.120. The number of sulfonamides is 1. The molecule has 3 fully saturated rings. The monoisotopic (exact) mass is 477 g/mol. The number of carbonyl (C=O) groups is 2. The first-order valence-corrected chi connectivity index (χ1v) is 12.9. The minimum absolute atomic E-state index is 0.197. The van der Waals surface area contributed by atoms with Gasteiger partial charge in [-0.3, -0.25) is 4.79 Å². The van der Waals surface area contributed by atoms with Gasteiger partial charge in [0.25, 0.3) is 0 Å². The Balaban J connectivity index is 1.26. The number of carbonyl (C=O) groups excluding carboxylic acids is 2. The predicted molar refractivity (Wildman–Crippen MR) is 121 cm³/mol. The number of rotatable bonds is 6. The Morgan fingerprint density at radius 3 is 2.58 bits per heavy atom. The number of hydrogen-bond donors (Lipinski definition) is 1. The maximum Gasteiger partial charge on any atom is 0.410 e. The maximum absolute atomic E-state index is 13.3. The van der Waals surface area contributed by atoms with Crippen LogP contribution in [0.5, 0.6) is 0 Å². The van der Waals surface area contributed by atoms with Gasteiger partial charge in [-0.05, 0) is 43.2 Å². The first-order valence-electron chi connectivity index (χ1n) is 11.4. The van der Waals surface area contributed by atoms with Crippen LogP contribution < -0.4 is 5.32 Å². The number of likely N-dealkylation sites (tertiary alicyclic amines) is 1. The average molecular weight is 478 g/mol. The molecule has 33 heavy (non-hydrogen) atoms. The van der Waals surface area contributed by atoms with Crippen LogP contribution in [0.15, 0.2) is 43.0 Å². The summed E-state index contributed by atoms with van der Waals surface area (Å²) in [5.41, 5.74) is 0.909. The van der Waals surface area contributed by atoms with Gasteiger partial charge >= 0.3 is 6.09 Å². The molecule has 0 aliphatic carbocycles. The highest BCUT2D eigenvalue weighted by Crippen LogP contribution is 2.34. The van der Waals surface area contributed by atoms with Crippen LogP contribution in [0.25, 0.3) is 0 Å². The lowest BCUT2D eigenvalue weighted by Crippen LogP contribution is -2.51. The van der Waals surface area contributed by atoms with Crippen LogP contribution in [0.4, 0.5) is 4.79 Å². The van der Waals surface area contributed by atoms with Gasteiger partial charge in [0, 0.05) is 26.2 Å². The molecular weight excluding hydrogens is 446 g/mol. The van der Waals surface area contributed by atoms with Crippen LogP contribution in [0.2, 0.25) is 0 Å². The van der Waals surface area contributed by atoms with Crippen LogP contribution in [-0.4, -0.2) is 73.4 Å². The van der Waals surface area contributed by atoms with Gasteiger partial charge in [0.15, 0.2) is 0 Å². The topological polar surface area (TPSA) is 105 Å². The Hall–Kier alpha value is -2.43. The second-order valence-corrected chi connectivity index (χ2v) is 11.0. The molecule has 9 nitrogen and oxygen atoms in total. The van der Waals surface area contributed by atoms with Gasteiger partial charge in [-0.1, -0.05) is 36.9 Å². The second kappa shape index (κ2) is 10.2. The quantitative estimate of drug-likeness (QED) is 0.627. The molecule has 180 valence electrons. The number of nitrogens with zero attached hydrogens (tertiary/aromatic N) is 2. The molecule has 0 aromatic heterocycles. The van der Waals surface area contributed by atoms with Gasteiger partial charge < -0.3 is 19.7 Å². The van der Waals surface area contributed by atoms with Gasteiger partial charge in [0.05, 0.1) is 11.4 Å². The minimum Gasteiger partial charge on any atom is -0.445 e. The molecule has 3 unspecified atom stereocenters. The Kier molecular flexibility index (Phi) is 7.35. The normalized spacial score (nSPS) is 26.4. The number of benzene rings is 1. The van der Waals surface area contributed by atoms with E-state index in [0.29, 0.717) is 51.9 Å². The zero-order valence-electron chi connectivity index (χ0n) is 18.6. The molecule has 0 radical (unpaired) electrons. The van der Waals surface area contributed by atoms with Crippen molar-refractivity contribution in [2.75, 3.05) is 26.2 Å². The molecule has 3 heterocycles. The number of piperidine rings is 2. The number of hydrogen-bond acceptors (Lipinski definition) is 6. The van der Waals surface area contributed by atoms with E-state index in [1.54, 1.807) is 4.90 Å². The second-order valence-electron chi connectivity index (χ2n) is 8.79. The fourth-order valence-electron chi connectivity index (χ4n) is 4.80. The molecule has 3 aliphatic heterocycles. The van der Waals surface area contributed by atoms with Crippen LogP contribution in [-0.2, 0) is 30.9 Å². The van der Waals surface area contributed by atoms with Crippen molar-refractivity contribution in [2.45, 2.75) is 49.9 Å². The highest BCUT2D eigenvalue weighted by molar-refractivity contribution is 7.89. The highest BCUT2D eigenvalue weighted by atomic mass is 32.2. The van der Waals surface area contributed by atoms with Crippen molar-refractivity contribution in [1.29, 1.82) is 0 Å². The molecule has 4 rings (SSSR count). The predicted octanol–water partition coefficient (Wildman–Crippen LogP) is 1.86. The van der Waals surface area contributed by atoms with Gasteiger partial charge in [0.1, 0.15) is 12.8 Å². The van der Waals surface area contributed by atoms with Gasteiger partial charge in [-0.25, -0.2) is 13.2 Å². The summed E-state index contributed by atoms with van der Waals surface area (Å²) in [7, 11) is -3.50. The third-order valence-corrected chi connectivity index (χ3v) is 9.05. The van der Waals surface area contributed by atoms with E-state index in [2.05, 4.69) is 11.9 Å². The Morgan fingerprint density at radius 2 is 1.88 bits per heavy atom. The van der Waals surface area contributed by atoms with Crippen molar-refractivity contribution in [3.63, 3.8) is 0 Å². The largest absolute Gasteiger partial charge is 0.445 e. The summed E-state index contributed by atoms with van der Waals surface area (Å²) in [5, 5.41) is 2.22. The third kappa shape index (κ3) is 5.56. The molecule has 0 spiro atoms. The zero-order chi connectivity index (χ0) is 23.4. The number of fused-ring (bicyclic) bond motifs is 1. The van der Waals surface area contributed by atoms with Crippen molar-refractivity contribution in [3.05, 3.63) is 48.6 Å². The molecule has 1 aromatic carbocycles. The minimum atomic E-state index is -3.50. The van der Waals surface area contributed by atoms with E-state index < -0.39 is 27.6 Å². The van der Waals surface area contributed by atoms with Crippen LogP contribution in [0.3, 0.4) is 0 Å². The van der Waals surface area contributed by atoms with E-state index in [-0.39, 0.29) is 24.5 Å². The van der Waals surface area contributed by atoms with E-state index in [9.17, 15) is 18.0 Å². The van der Waals surface area contributed by atoms with Crippen molar-refractivity contribution in [2.24, 2.45) is 5.92 Å². The summed E-state index contributed by atoms with van der Waals surface area (Å²) in [4.78, 5) is 25.5.